The van der Waals surface area contributed by atoms with E-state index in [2.05, 4.69) is 15.4 Å². The maximum Gasteiger partial charge on any atom is 0.275 e. The van der Waals surface area contributed by atoms with Gasteiger partial charge in [0.05, 0.1) is 20.8 Å². The lowest BCUT2D eigenvalue weighted by atomic mass is 10.2. The molecule has 0 spiro atoms. The summed E-state index contributed by atoms with van der Waals surface area (Å²) in [5.41, 5.74) is 3.24. The van der Waals surface area contributed by atoms with E-state index in [0.717, 1.165) is 30.5 Å². The monoisotopic (exact) mass is 376 g/mol. The molecule has 0 saturated carbocycles. The van der Waals surface area contributed by atoms with E-state index in [-0.39, 0.29) is 10.8 Å². The topological polar surface area (TPSA) is 93.9 Å². The van der Waals surface area contributed by atoms with Crippen LogP contribution in [-0.4, -0.2) is 35.3 Å². The molecule has 0 aliphatic heterocycles. The summed E-state index contributed by atoms with van der Waals surface area (Å²) in [6, 6.07) is 4.76. The molecular formula is C16H16N4O3S2. The van der Waals surface area contributed by atoms with Crippen molar-refractivity contribution in [1.29, 1.82) is 0 Å². The van der Waals surface area contributed by atoms with Gasteiger partial charge in [0, 0.05) is 18.9 Å². The average Bonchev–Trinajstić information content (AvgIpc) is 3.18. The van der Waals surface area contributed by atoms with Gasteiger partial charge in [0.25, 0.3) is 5.91 Å². The van der Waals surface area contributed by atoms with Gasteiger partial charge in [0.1, 0.15) is 5.69 Å². The first-order valence-corrected chi connectivity index (χ1v) is 10.5. The number of nitrogens with one attached hydrogen (secondary N) is 1. The molecule has 1 aliphatic carbocycles. The number of amides is 1. The predicted octanol–water partition coefficient (Wildman–Crippen LogP) is 2.17. The summed E-state index contributed by atoms with van der Waals surface area (Å²) in [5, 5.41) is 7.67. The van der Waals surface area contributed by atoms with Gasteiger partial charge in [-0.25, -0.2) is 13.4 Å². The lowest BCUT2D eigenvalue weighted by Crippen LogP contribution is -2.17. The van der Waals surface area contributed by atoms with Crippen LogP contribution in [0.2, 0.25) is 0 Å². The van der Waals surface area contributed by atoms with Crippen LogP contribution in [0.5, 0.6) is 0 Å². The number of hydrogen-bond donors (Lipinski definition) is 1. The second-order valence-corrected chi connectivity index (χ2v) is 9.17. The molecule has 1 amide bonds. The smallest absolute Gasteiger partial charge is 0.275 e. The first-order chi connectivity index (χ1) is 11.8. The van der Waals surface area contributed by atoms with Crippen molar-refractivity contribution < 1.29 is 13.2 Å². The fourth-order valence-corrected chi connectivity index (χ4v) is 4.77. The Morgan fingerprint density at radius 3 is 2.88 bits per heavy atom. The highest BCUT2D eigenvalue weighted by atomic mass is 32.2. The molecular weight excluding hydrogens is 360 g/mol. The van der Waals surface area contributed by atoms with Crippen molar-refractivity contribution in [3.63, 3.8) is 0 Å². The van der Waals surface area contributed by atoms with Gasteiger partial charge < -0.3 is 0 Å². The molecule has 1 N–H and O–H groups in total. The van der Waals surface area contributed by atoms with Crippen LogP contribution >= 0.6 is 11.3 Å². The van der Waals surface area contributed by atoms with Crippen LogP contribution < -0.4 is 5.32 Å². The van der Waals surface area contributed by atoms with Crippen molar-refractivity contribution in [2.24, 2.45) is 7.05 Å². The van der Waals surface area contributed by atoms with Crippen LogP contribution in [-0.2, 0) is 29.7 Å². The number of aryl methyl sites for hydroxylation is 2. The lowest BCUT2D eigenvalue weighted by molar-refractivity contribution is 0.101. The zero-order chi connectivity index (χ0) is 17.8. The Balaban J connectivity index is 1.66. The number of nitrogens with zero attached hydrogens (tertiary/aromatic N) is 3. The number of thiazole rings is 1. The van der Waals surface area contributed by atoms with E-state index in [1.807, 2.05) is 0 Å². The molecule has 0 bridgehead atoms. The number of carbonyl (C=O) groups is 1. The third-order valence-corrected chi connectivity index (χ3v) is 6.34. The van der Waals surface area contributed by atoms with Gasteiger partial charge in [-0.1, -0.05) is 11.3 Å². The highest BCUT2D eigenvalue weighted by Crippen LogP contribution is 2.30. The average molecular weight is 376 g/mol. The highest BCUT2D eigenvalue weighted by Gasteiger charge is 2.25. The molecule has 1 aromatic carbocycles. The van der Waals surface area contributed by atoms with Gasteiger partial charge >= 0.3 is 0 Å². The van der Waals surface area contributed by atoms with E-state index < -0.39 is 9.84 Å². The van der Waals surface area contributed by atoms with Crippen molar-refractivity contribution in [2.75, 3.05) is 11.6 Å². The van der Waals surface area contributed by atoms with Gasteiger partial charge in [-0.2, -0.15) is 5.10 Å². The Kier molecular flexibility index (Phi) is 3.66. The summed E-state index contributed by atoms with van der Waals surface area (Å²) in [6.45, 7) is 0. The van der Waals surface area contributed by atoms with Crippen LogP contribution in [0.15, 0.2) is 23.1 Å². The summed E-state index contributed by atoms with van der Waals surface area (Å²) >= 11 is 1.26. The molecule has 0 unspecified atom stereocenters. The fraction of sp³-hybridized carbons (Fsp3) is 0.312. The van der Waals surface area contributed by atoms with Crippen molar-refractivity contribution in [2.45, 2.75) is 24.2 Å². The van der Waals surface area contributed by atoms with Crippen LogP contribution in [0, 0.1) is 0 Å². The molecule has 0 atom stereocenters. The Bertz CT molecular complexity index is 1110. The second kappa shape index (κ2) is 5.63. The largest absolute Gasteiger partial charge is 0.296 e. The van der Waals surface area contributed by atoms with E-state index in [1.165, 1.54) is 23.7 Å². The van der Waals surface area contributed by atoms with Crippen LogP contribution in [0.4, 0.5) is 5.13 Å². The molecule has 9 heteroatoms. The SMILES string of the molecule is Cn1nc2c(c1C(=O)Nc1nc3ccc(S(C)(=O)=O)cc3s1)CCC2. The van der Waals surface area contributed by atoms with Crippen LogP contribution in [0.25, 0.3) is 10.2 Å². The molecule has 25 heavy (non-hydrogen) atoms. The second-order valence-electron chi connectivity index (χ2n) is 6.13. The van der Waals surface area contributed by atoms with Crippen molar-refractivity contribution >= 4 is 42.4 Å². The normalized spacial score (nSPS) is 14.0. The Morgan fingerprint density at radius 2 is 2.12 bits per heavy atom. The number of benzene rings is 1. The summed E-state index contributed by atoms with van der Waals surface area (Å²) in [4.78, 5) is 17.3. The Hall–Kier alpha value is -2.26. The van der Waals surface area contributed by atoms with Crippen LogP contribution in [0.3, 0.4) is 0 Å². The number of fused-ring (bicyclic) bond motifs is 2. The van der Waals surface area contributed by atoms with E-state index >= 15 is 0 Å². The van der Waals surface area contributed by atoms with Crippen molar-refractivity contribution in [3.8, 4) is 0 Å². The maximum absolute atomic E-state index is 12.7. The molecule has 0 saturated heterocycles. The molecule has 3 aromatic rings. The molecule has 2 aromatic heterocycles. The molecule has 0 radical (unpaired) electrons. The summed E-state index contributed by atoms with van der Waals surface area (Å²) in [5.74, 6) is -0.236. The Morgan fingerprint density at radius 1 is 1.32 bits per heavy atom. The van der Waals surface area contributed by atoms with Gasteiger partial charge in [-0.3, -0.25) is 14.8 Å². The van der Waals surface area contributed by atoms with E-state index in [4.69, 9.17) is 0 Å². The summed E-state index contributed by atoms with van der Waals surface area (Å²) < 4.78 is 25.7. The first kappa shape index (κ1) is 16.2. The number of aromatic nitrogens is 3. The molecule has 130 valence electrons. The molecule has 0 fully saturated rings. The van der Waals surface area contributed by atoms with E-state index in [0.29, 0.717) is 21.0 Å². The summed E-state index contributed by atoms with van der Waals surface area (Å²) in [7, 11) is -1.51. The Labute approximate surface area is 148 Å². The number of hydrogen-bond acceptors (Lipinski definition) is 6. The van der Waals surface area contributed by atoms with Gasteiger partial charge in [-0.05, 0) is 37.5 Å². The maximum atomic E-state index is 12.7. The van der Waals surface area contributed by atoms with Gasteiger partial charge in [0.2, 0.25) is 0 Å². The number of anilines is 1. The quantitative estimate of drug-likeness (QED) is 0.756. The number of rotatable bonds is 3. The highest BCUT2D eigenvalue weighted by molar-refractivity contribution is 7.90. The van der Waals surface area contributed by atoms with Crippen molar-refractivity contribution in [1.82, 2.24) is 14.8 Å². The van der Waals surface area contributed by atoms with Gasteiger partial charge in [-0.15, -0.1) is 0 Å². The minimum atomic E-state index is -3.28. The third kappa shape index (κ3) is 2.83. The zero-order valence-corrected chi connectivity index (χ0v) is 15.4. The molecule has 1 aliphatic rings. The molecule has 4 rings (SSSR count). The minimum Gasteiger partial charge on any atom is -0.296 e. The zero-order valence-electron chi connectivity index (χ0n) is 13.7. The first-order valence-electron chi connectivity index (χ1n) is 7.79. The standard InChI is InChI=1S/C16H16N4O3S2/c1-20-14(10-4-3-5-11(10)19-20)15(21)18-16-17-12-7-6-9(25(2,22)23)8-13(12)24-16/h6-8H,3-5H2,1-2H3,(H,17,18,21). The van der Waals surface area contributed by atoms with Crippen LogP contribution in [0.1, 0.15) is 28.2 Å². The lowest BCUT2D eigenvalue weighted by Gasteiger charge is -2.04. The molecule has 2 heterocycles. The fourth-order valence-electron chi connectivity index (χ4n) is 3.15. The number of carbonyl (C=O) groups excluding carboxylic acids is 1. The van der Waals surface area contributed by atoms with E-state index in [9.17, 15) is 13.2 Å². The number of sulfone groups is 1. The predicted molar refractivity (Wildman–Crippen MR) is 95.9 cm³/mol. The third-order valence-electron chi connectivity index (χ3n) is 4.29. The molecule has 7 nitrogen and oxygen atoms in total. The van der Waals surface area contributed by atoms with Gasteiger partial charge in [0.15, 0.2) is 15.0 Å². The summed E-state index contributed by atoms with van der Waals surface area (Å²) in [6.07, 6.45) is 3.96. The minimum absolute atomic E-state index is 0.236. The van der Waals surface area contributed by atoms with E-state index in [1.54, 1.807) is 23.9 Å². The van der Waals surface area contributed by atoms with Crippen molar-refractivity contribution in [3.05, 3.63) is 35.2 Å².